The number of aromatic nitrogens is 1. The van der Waals surface area contributed by atoms with Crippen molar-refractivity contribution in [3.8, 4) is 11.4 Å². The molecule has 1 aliphatic rings. The van der Waals surface area contributed by atoms with Crippen LogP contribution in [0.15, 0.2) is 41.3 Å². The van der Waals surface area contributed by atoms with E-state index in [0.717, 1.165) is 37.6 Å². The zero-order valence-electron chi connectivity index (χ0n) is 13.0. The average Bonchev–Trinajstić information content (AvgIpc) is 2.52. The first-order valence-electron chi connectivity index (χ1n) is 7.51. The van der Waals surface area contributed by atoms with Crippen LogP contribution >= 0.6 is 0 Å². The van der Waals surface area contributed by atoms with Crippen molar-refractivity contribution in [3.63, 3.8) is 0 Å². The molecule has 1 aromatic heterocycles. The van der Waals surface area contributed by atoms with Gasteiger partial charge in [0, 0.05) is 49.3 Å². The molecule has 0 aliphatic carbocycles. The number of nitrogens with zero attached hydrogens (tertiary/aromatic N) is 3. The molecule has 0 radical (unpaired) electrons. The molecule has 0 amide bonds. The molecule has 5 nitrogen and oxygen atoms in total. The number of pyridine rings is 1. The van der Waals surface area contributed by atoms with Crippen LogP contribution in [0, 0.1) is 6.92 Å². The molecular formula is C17H21N3O2. The van der Waals surface area contributed by atoms with Gasteiger partial charge in [0.2, 0.25) is 5.43 Å². The summed E-state index contributed by atoms with van der Waals surface area (Å²) in [5.74, 6) is -0.228. The van der Waals surface area contributed by atoms with Crippen molar-refractivity contribution in [2.75, 3.05) is 38.1 Å². The number of rotatable bonds is 2. The molecule has 2 aromatic rings. The highest BCUT2D eigenvalue weighted by Crippen LogP contribution is 2.20. The van der Waals surface area contributed by atoms with Gasteiger partial charge in [-0.05, 0) is 38.2 Å². The van der Waals surface area contributed by atoms with Gasteiger partial charge < -0.3 is 19.5 Å². The molecule has 1 aliphatic heterocycles. The molecule has 1 N–H and O–H groups in total. The lowest BCUT2D eigenvalue weighted by Crippen LogP contribution is -2.44. The Morgan fingerprint density at radius 2 is 1.59 bits per heavy atom. The van der Waals surface area contributed by atoms with Gasteiger partial charge in [0.05, 0.1) is 6.20 Å². The number of piperazine rings is 1. The monoisotopic (exact) mass is 299 g/mol. The number of hydrogen-bond acceptors (Lipinski definition) is 4. The van der Waals surface area contributed by atoms with Gasteiger partial charge in [0.25, 0.3) is 0 Å². The van der Waals surface area contributed by atoms with E-state index in [1.165, 1.54) is 18.0 Å². The predicted octanol–water partition coefficient (Wildman–Crippen LogP) is 1.60. The van der Waals surface area contributed by atoms with Crippen molar-refractivity contribution in [1.82, 2.24) is 9.47 Å². The summed E-state index contributed by atoms with van der Waals surface area (Å²) in [5, 5.41) is 9.62. The lowest BCUT2D eigenvalue weighted by Gasteiger charge is -2.34. The van der Waals surface area contributed by atoms with Crippen molar-refractivity contribution in [2.24, 2.45) is 0 Å². The highest BCUT2D eigenvalue weighted by Gasteiger charge is 2.14. The largest absolute Gasteiger partial charge is 0.503 e. The third kappa shape index (κ3) is 2.85. The molecule has 116 valence electrons. The normalized spacial score (nSPS) is 16.0. The molecule has 0 bridgehead atoms. The van der Waals surface area contributed by atoms with Gasteiger partial charge in [-0.3, -0.25) is 4.79 Å². The zero-order valence-corrected chi connectivity index (χ0v) is 13.0. The number of likely N-dealkylation sites (N-methyl/N-ethyl adjacent to an activating group) is 1. The minimum atomic E-state index is -0.345. The van der Waals surface area contributed by atoms with Crippen LogP contribution in [0.2, 0.25) is 0 Å². The maximum atomic E-state index is 11.4. The van der Waals surface area contributed by atoms with E-state index in [-0.39, 0.29) is 11.2 Å². The Balaban J connectivity index is 1.85. The highest BCUT2D eigenvalue weighted by molar-refractivity contribution is 5.52. The van der Waals surface area contributed by atoms with E-state index in [9.17, 15) is 9.90 Å². The first-order valence-corrected chi connectivity index (χ1v) is 7.51. The van der Waals surface area contributed by atoms with E-state index in [2.05, 4.69) is 29.0 Å². The van der Waals surface area contributed by atoms with Crippen molar-refractivity contribution >= 4 is 5.69 Å². The summed E-state index contributed by atoms with van der Waals surface area (Å²) in [7, 11) is 2.14. The van der Waals surface area contributed by atoms with Crippen LogP contribution in [-0.2, 0) is 0 Å². The zero-order chi connectivity index (χ0) is 15.7. The predicted molar refractivity (Wildman–Crippen MR) is 88.2 cm³/mol. The maximum absolute atomic E-state index is 11.4. The van der Waals surface area contributed by atoms with E-state index >= 15 is 0 Å². The van der Waals surface area contributed by atoms with E-state index in [0.29, 0.717) is 0 Å². The van der Waals surface area contributed by atoms with Crippen LogP contribution in [0.4, 0.5) is 5.69 Å². The maximum Gasteiger partial charge on any atom is 0.223 e. The van der Waals surface area contributed by atoms with Gasteiger partial charge in [-0.15, -0.1) is 0 Å². The van der Waals surface area contributed by atoms with Crippen LogP contribution in [0.25, 0.3) is 5.69 Å². The summed E-state index contributed by atoms with van der Waals surface area (Å²) in [4.78, 5) is 16.1. The van der Waals surface area contributed by atoms with Crippen molar-refractivity contribution in [1.29, 1.82) is 0 Å². The van der Waals surface area contributed by atoms with Crippen molar-refractivity contribution < 1.29 is 5.11 Å². The standard InChI is InChI=1S/C17H21N3O2/c1-13-11-16(21)17(22)12-20(13)15-5-3-14(4-6-15)19-9-7-18(2)8-10-19/h3-6,11-12,22H,7-10H2,1-2H3. The van der Waals surface area contributed by atoms with Crippen molar-refractivity contribution in [3.05, 3.63) is 52.4 Å². The first kappa shape index (κ1) is 14.7. The number of aromatic hydroxyl groups is 1. The summed E-state index contributed by atoms with van der Waals surface area (Å²) in [6, 6.07) is 9.67. The molecule has 5 heteroatoms. The number of anilines is 1. The fourth-order valence-electron chi connectivity index (χ4n) is 2.79. The molecule has 0 atom stereocenters. The molecule has 0 unspecified atom stereocenters. The van der Waals surface area contributed by atoms with Crippen LogP contribution in [0.1, 0.15) is 5.69 Å². The molecule has 1 aromatic carbocycles. The smallest absolute Gasteiger partial charge is 0.223 e. The fourth-order valence-corrected chi connectivity index (χ4v) is 2.79. The molecule has 2 heterocycles. The molecule has 1 saturated heterocycles. The summed E-state index contributed by atoms with van der Waals surface area (Å²) in [5.41, 5.74) is 2.60. The Hall–Kier alpha value is -2.27. The second-order valence-corrected chi connectivity index (χ2v) is 5.84. The van der Waals surface area contributed by atoms with Gasteiger partial charge in [-0.25, -0.2) is 0 Å². The second kappa shape index (κ2) is 5.85. The molecule has 3 rings (SSSR count). The lowest BCUT2D eigenvalue weighted by molar-refractivity contribution is 0.313. The SMILES string of the molecule is Cc1cc(=O)c(O)cn1-c1ccc(N2CCN(C)CC2)cc1. The van der Waals surface area contributed by atoms with Crippen molar-refractivity contribution in [2.45, 2.75) is 6.92 Å². The fraction of sp³-hybridized carbons (Fsp3) is 0.353. The topological polar surface area (TPSA) is 48.7 Å². The Kier molecular flexibility index (Phi) is 3.90. The number of benzene rings is 1. The van der Waals surface area contributed by atoms with Crippen LogP contribution in [0.5, 0.6) is 5.75 Å². The Labute approximate surface area is 130 Å². The second-order valence-electron chi connectivity index (χ2n) is 5.84. The number of hydrogen-bond donors (Lipinski definition) is 1. The molecule has 22 heavy (non-hydrogen) atoms. The van der Waals surface area contributed by atoms with E-state index in [1.54, 1.807) is 0 Å². The van der Waals surface area contributed by atoms with Gasteiger partial charge in [0.1, 0.15) is 0 Å². The summed E-state index contributed by atoms with van der Waals surface area (Å²) in [6.45, 7) is 6.08. The van der Waals surface area contributed by atoms with Crippen LogP contribution < -0.4 is 10.3 Å². The molecular weight excluding hydrogens is 278 g/mol. The summed E-state index contributed by atoms with van der Waals surface area (Å²) in [6.07, 6.45) is 1.47. The number of aryl methyl sites for hydroxylation is 1. The van der Waals surface area contributed by atoms with E-state index in [1.807, 2.05) is 23.6 Å². The summed E-state index contributed by atoms with van der Waals surface area (Å²) < 4.78 is 1.82. The molecule has 1 fully saturated rings. The molecule has 0 spiro atoms. The third-order valence-electron chi connectivity index (χ3n) is 4.22. The third-order valence-corrected chi connectivity index (χ3v) is 4.22. The van der Waals surface area contributed by atoms with Gasteiger partial charge in [-0.1, -0.05) is 0 Å². The van der Waals surface area contributed by atoms with E-state index < -0.39 is 0 Å². The summed E-state index contributed by atoms with van der Waals surface area (Å²) >= 11 is 0. The Morgan fingerprint density at radius 1 is 1.00 bits per heavy atom. The van der Waals surface area contributed by atoms with E-state index in [4.69, 9.17) is 0 Å². The highest BCUT2D eigenvalue weighted by atomic mass is 16.3. The quantitative estimate of drug-likeness (QED) is 0.915. The van der Waals surface area contributed by atoms with Crippen LogP contribution in [-0.4, -0.2) is 47.8 Å². The van der Waals surface area contributed by atoms with Gasteiger partial charge in [0.15, 0.2) is 5.75 Å². The first-order chi connectivity index (χ1) is 10.5. The minimum absolute atomic E-state index is 0.228. The Morgan fingerprint density at radius 3 is 2.23 bits per heavy atom. The average molecular weight is 299 g/mol. The Bertz CT molecular complexity index is 714. The minimum Gasteiger partial charge on any atom is -0.503 e. The van der Waals surface area contributed by atoms with Crippen LogP contribution in [0.3, 0.4) is 0 Å². The lowest BCUT2D eigenvalue weighted by atomic mass is 10.2. The van der Waals surface area contributed by atoms with Gasteiger partial charge in [-0.2, -0.15) is 0 Å². The molecule has 0 saturated carbocycles. The van der Waals surface area contributed by atoms with Gasteiger partial charge >= 0.3 is 0 Å².